The van der Waals surface area contributed by atoms with Crippen molar-refractivity contribution in [2.24, 2.45) is 0 Å². The fraction of sp³-hybridized carbons (Fsp3) is 0.233. The Morgan fingerprint density at radius 1 is 0.902 bits per heavy atom. The summed E-state index contributed by atoms with van der Waals surface area (Å²) in [7, 11) is 0. The van der Waals surface area contributed by atoms with E-state index >= 15 is 0 Å². The van der Waals surface area contributed by atoms with E-state index in [4.69, 9.17) is 28.3 Å². The van der Waals surface area contributed by atoms with Crippen LogP contribution in [0.15, 0.2) is 78.9 Å². The molecule has 208 valence electrons. The van der Waals surface area contributed by atoms with Crippen LogP contribution in [0.5, 0.6) is 0 Å². The van der Waals surface area contributed by atoms with Crippen molar-refractivity contribution >= 4 is 35.1 Å². The number of aromatic amines is 1. The topological polar surface area (TPSA) is 105 Å². The molecule has 0 radical (unpaired) electrons. The Labute approximate surface area is 247 Å². The van der Waals surface area contributed by atoms with Gasteiger partial charge in [0.05, 0.1) is 12.2 Å². The van der Waals surface area contributed by atoms with E-state index in [0.717, 1.165) is 49.3 Å². The molecule has 0 saturated carbocycles. The molecule has 1 aliphatic heterocycles. The molecule has 0 spiro atoms. The van der Waals surface area contributed by atoms with Crippen LogP contribution in [0.3, 0.4) is 0 Å². The number of nitrogens with one attached hydrogen (secondary N) is 2. The lowest BCUT2D eigenvalue weighted by molar-refractivity contribution is 0.102. The monoisotopic (exact) mass is 586 g/mol. The number of aromatic nitrogens is 6. The Bertz CT molecular complexity index is 1590. The number of halogens is 2. The van der Waals surface area contributed by atoms with Crippen molar-refractivity contribution < 1.29 is 4.79 Å². The van der Waals surface area contributed by atoms with Gasteiger partial charge in [-0.2, -0.15) is 10.3 Å². The molecule has 5 aromatic rings. The fourth-order valence-corrected chi connectivity index (χ4v) is 5.81. The summed E-state index contributed by atoms with van der Waals surface area (Å²) in [6.45, 7) is 3.58. The Hall–Kier alpha value is -4.05. The van der Waals surface area contributed by atoms with Crippen LogP contribution in [0.2, 0.25) is 10.0 Å². The van der Waals surface area contributed by atoms with Gasteiger partial charge in [-0.25, -0.2) is 0 Å². The van der Waals surface area contributed by atoms with Gasteiger partial charge in [0.25, 0.3) is 11.9 Å². The molecular formula is C30H28Cl2N8O. The molecule has 0 atom stereocenters. The predicted octanol–water partition coefficient (Wildman–Crippen LogP) is 6.05. The number of tetrazole rings is 1. The summed E-state index contributed by atoms with van der Waals surface area (Å²) >= 11 is 12.6. The van der Waals surface area contributed by atoms with Gasteiger partial charge in [0.2, 0.25) is 0 Å². The van der Waals surface area contributed by atoms with Gasteiger partial charge in [-0.05, 0) is 78.7 Å². The van der Waals surface area contributed by atoms with Crippen LogP contribution in [0, 0.1) is 0 Å². The second-order valence-electron chi connectivity index (χ2n) is 10.2. The SMILES string of the molecule is O=C(Nc1nn[nH]n1)c1ccc(Cn2nc(-c3cc(Cl)cc(Cl)c3)cc2C2CCN(Cc3ccccc3)CC2)cc1. The molecule has 9 nitrogen and oxygen atoms in total. The van der Waals surface area contributed by atoms with E-state index in [1.54, 1.807) is 18.2 Å². The van der Waals surface area contributed by atoms with E-state index < -0.39 is 0 Å². The zero-order chi connectivity index (χ0) is 28.2. The number of hydrogen-bond donors (Lipinski definition) is 2. The molecule has 3 heterocycles. The number of benzene rings is 3. The molecule has 0 bridgehead atoms. The second-order valence-corrected chi connectivity index (χ2v) is 11.1. The number of carbonyl (C=O) groups excluding carboxylic acids is 1. The van der Waals surface area contributed by atoms with Crippen molar-refractivity contribution in [1.82, 2.24) is 35.3 Å². The van der Waals surface area contributed by atoms with Gasteiger partial charge < -0.3 is 0 Å². The lowest BCUT2D eigenvalue weighted by Crippen LogP contribution is -2.33. The maximum absolute atomic E-state index is 12.5. The quantitative estimate of drug-likeness (QED) is 0.229. The molecule has 0 unspecified atom stereocenters. The Balaban J connectivity index is 1.21. The minimum Gasteiger partial charge on any atom is -0.299 e. The van der Waals surface area contributed by atoms with Crippen LogP contribution in [-0.2, 0) is 13.1 Å². The largest absolute Gasteiger partial charge is 0.299 e. The van der Waals surface area contributed by atoms with Gasteiger partial charge in [0.15, 0.2) is 0 Å². The number of rotatable bonds is 8. The first-order valence-electron chi connectivity index (χ1n) is 13.4. The Kier molecular flexibility index (Phi) is 8.09. The number of piperidine rings is 1. The number of nitrogens with zero attached hydrogens (tertiary/aromatic N) is 6. The molecule has 1 fully saturated rings. The average Bonchev–Trinajstić information content (AvgIpc) is 3.64. The number of anilines is 1. The number of amides is 1. The first-order chi connectivity index (χ1) is 20.0. The smallest absolute Gasteiger partial charge is 0.270 e. The van der Waals surface area contributed by atoms with Crippen LogP contribution in [0.4, 0.5) is 5.95 Å². The van der Waals surface area contributed by atoms with Crippen LogP contribution in [0.25, 0.3) is 11.3 Å². The molecule has 1 saturated heterocycles. The first kappa shape index (κ1) is 27.1. The maximum atomic E-state index is 12.5. The molecule has 41 heavy (non-hydrogen) atoms. The van der Waals surface area contributed by atoms with Gasteiger partial charge in [-0.3, -0.25) is 19.7 Å². The summed E-state index contributed by atoms with van der Waals surface area (Å²) in [4.78, 5) is 15.0. The normalized spacial score (nSPS) is 14.3. The highest BCUT2D eigenvalue weighted by molar-refractivity contribution is 6.35. The summed E-state index contributed by atoms with van der Waals surface area (Å²) in [5.74, 6) is 0.196. The summed E-state index contributed by atoms with van der Waals surface area (Å²) in [5, 5.41) is 22.1. The molecular weight excluding hydrogens is 559 g/mol. The fourth-order valence-electron chi connectivity index (χ4n) is 5.28. The molecule has 1 amide bonds. The van der Waals surface area contributed by atoms with E-state index in [-0.39, 0.29) is 11.9 Å². The molecule has 1 aliphatic rings. The molecule has 0 aliphatic carbocycles. The average molecular weight is 588 g/mol. The van der Waals surface area contributed by atoms with E-state index in [9.17, 15) is 4.79 Å². The zero-order valence-electron chi connectivity index (χ0n) is 22.2. The van der Waals surface area contributed by atoms with E-state index in [1.165, 1.54) is 11.3 Å². The number of likely N-dealkylation sites (tertiary alicyclic amines) is 1. The number of H-pyrrole nitrogens is 1. The van der Waals surface area contributed by atoms with Crippen LogP contribution >= 0.6 is 23.2 Å². The lowest BCUT2D eigenvalue weighted by Gasteiger charge is -2.32. The molecule has 3 aromatic carbocycles. The molecule has 11 heteroatoms. The summed E-state index contributed by atoms with van der Waals surface area (Å²) < 4.78 is 2.08. The number of carbonyl (C=O) groups is 1. The molecule has 2 N–H and O–H groups in total. The van der Waals surface area contributed by atoms with Crippen molar-refractivity contribution in [2.45, 2.75) is 31.8 Å². The van der Waals surface area contributed by atoms with Gasteiger partial charge in [0, 0.05) is 39.3 Å². The van der Waals surface area contributed by atoms with Crippen LogP contribution in [0.1, 0.15) is 45.9 Å². The van der Waals surface area contributed by atoms with Crippen molar-refractivity contribution in [3.05, 3.63) is 111 Å². The minimum absolute atomic E-state index is 0.128. The summed E-state index contributed by atoms with van der Waals surface area (Å²) in [6, 6.07) is 25.7. The molecule has 6 rings (SSSR count). The van der Waals surface area contributed by atoms with Crippen molar-refractivity contribution in [3.8, 4) is 11.3 Å². The third kappa shape index (κ3) is 6.65. The standard InChI is InChI=1S/C30H28Cl2N8O/c31-25-14-24(15-26(32)16-25)27-17-28(22-10-12-39(13-11-22)18-20-4-2-1-3-5-20)40(36-27)19-21-6-8-23(9-7-21)29(41)33-30-34-37-38-35-30/h1-9,14-17,22H,10-13,18-19H2,(H2,33,34,35,37,38,41). The molecule has 2 aromatic heterocycles. The Morgan fingerprint density at radius 2 is 1.61 bits per heavy atom. The van der Waals surface area contributed by atoms with E-state index in [0.29, 0.717) is 28.1 Å². The number of hydrogen-bond acceptors (Lipinski definition) is 6. The first-order valence-corrected chi connectivity index (χ1v) is 14.2. The van der Waals surface area contributed by atoms with Gasteiger partial charge in [0.1, 0.15) is 0 Å². The van der Waals surface area contributed by atoms with Crippen LogP contribution < -0.4 is 5.32 Å². The highest BCUT2D eigenvalue weighted by Crippen LogP contribution is 2.33. The van der Waals surface area contributed by atoms with Gasteiger partial charge in [-0.1, -0.05) is 70.8 Å². The predicted molar refractivity (Wildman–Crippen MR) is 159 cm³/mol. The zero-order valence-corrected chi connectivity index (χ0v) is 23.7. The summed E-state index contributed by atoms with van der Waals surface area (Å²) in [6.07, 6.45) is 2.09. The highest BCUT2D eigenvalue weighted by Gasteiger charge is 2.25. The van der Waals surface area contributed by atoms with E-state index in [1.807, 2.05) is 24.3 Å². The third-order valence-corrected chi connectivity index (χ3v) is 7.78. The van der Waals surface area contributed by atoms with Crippen molar-refractivity contribution in [1.29, 1.82) is 0 Å². The van der Waals surface area contributed by atoms with Crippen molar-refractivity contribution in [2.75, 3.05) is 18.4 Å². The third-order valence-electron chi connectivity index (χ3n) is 7.34. The van der Waals surface area contributed by atoms with Crippen molar-refractivity contribution in [3.63, 3.8) is 0 Å². The Morgan fingerprint density at radius 3 is 2.29 bits per heavy atom. The van der Waals surface area contributed by atoms with Gasteiger partial charge in [-0.15, -0.1) is 5.10 Å². The lowest BCUT2D eigenvalue weighted by atomic mass is 9.92. The minimum atomic E-state index is -0.305. The van der Waals surface area contributed by atoms with Crippen LogP contribution in [-0.4, -0.2) is 54.3 Å². The highest BCUT2D eigenvalue weighted by atomic mass is 35.5. The summed E-state index contributed by atoms with van der Waals surface area (Å²) in [5.41, 5.74) is 5.78. The van der Waals surface area contributed by atoms with E-state index in [2.05, 4.69) is 71.9 Å². The second kappa shape index (κ2) is 12.2. The maximum Gasteiger partial charge on any atom is 0.270 e. The van der Waals surface area contributed by atoms with Gasteiger partial charge >= 0.3 is 0 Å².